The van der Waals surface area contributed by atoms with Gasteiger partial charge in [0, 0.05) is 17.9 Å². The largest absolute Gasteiger partial charge is 0.338 e. The molecule has 0 bridgehead atoms. The molecule has 0 aliphatic heterocycles. The van der Waals surface area contributed by atoms with Crippen LogP contribution in [0, 0.1) is 0 Å². The second-order valence-electron chi connectivity index (χ2n) is 5.82. The van der Waals surface area contributed by atoms with E-state index in [9.17, 15) is 13.2 Å². The zero-order valence-electron chi connectivity index (χ0n) is 14.0. The van der Waals surface area contributed by atoms with Gasteiger partial charge >= 0.3 is 6.03 Å². The van der Waals surface area contributed by atoms with Gasteiger partial charge in [0.1, 0.15) is 0 Å². The van der Waals surface area contributed by atoms with Crippen molar-refractivity contribution in [3.05, 3.63) is 35.9 Å². The third kappa shape index (κ3) is 6.23. The molecule has 2 amide bonds. The fraction of sp³-hybridized carbons (Fsp3) is 0.471. The normalized spacial score (nSPS) is 14.6. The van der Waals surface area contributed by atoms with E-state index in [4.69, 9.17) is 0 Å². The highest BCUT2D eigenvalue weighted by molar-refractivity contribution is 7.92. The van der Waals surface area contributed by atoms with E-state index in [-0.39, 0.29) is 11.8 Å². The first-order chi connectivity index (χ1) is 11.5. The van der Waals surface area contributed by atoms with E-state index < -0.39 is 10.0 Å². The maximum Gasteiger partial charge on any atom is 0.319 e. The SMILES string of the molecule is CCS(=O)(=O)Nc1ccc(NC(=O)NCCC2=CCCCC2)cc1. The van der Waals surface area contributed by atoms with Gasteiger partial charge in [0.15, 0.2) is 0 Å². The molecule has 2 rings (SSSR count). The van der Waals surface area contributed by atoms with Gasteiger partial charge in [-0.05, 0) is 63.3 Å². The molecule has 1 aromatic carbocycles. The molecule has 1 aliphatic carbocycles. The molecule has 6 nitrogen and oxygen atoms in total. The summed E-state index contributed by atoms with van der Waals surface area (Å²) in [5.41, 5.74) is 2.52. The van der Waals surface area contributed by atoms with Crippen LogP contribution in [0.3, 0.4) is 0 Å². The third-order valence-electron chi connectivity index (χ3n) is 3.91. The van der Waals surface area contributed by atoms with Crippen LogP contribution >= 0.6 is 0 Å². The number of carbonyl (C=O) groups is 1. The van der Waals surface area contributed by atoms with Gasteiger partial charge in [0.2, 0.25) is 10.0 Å². The fourth-order valence-corrected chi connectivity index (χ4v) is 3.16. The highest BCUT2D eigenvalue weighted by Gasteiger charge is 2.08. The van der Waals surface area contributed by atoms with Crippen molar-refractivity contribution in [3.8, 4) is 0 Å². The van der Waals surface area contributed by atoms with E-state index >= 15 is 0 Å². The van der Waals surface area contributed by atoms with Gasteiger partial charge in [0.25, 0.3) is 0 Å². The van der Waals surface area contributed by atoms with E-state index in [2.05, 4.69) is 21.4 Å². The minimum absolute atomic E-state index is 0.0197. The van der Waals surface area contributed by atoms with Crippen molar-refractivity contribution >= 4 is 27.4 Å². The molecular weight excluding hydrogens is 326 g/mol. The molecule has 1 aliphatic rings. The second kappa shape index (κ2) is 8.73. The maximum atomic E-state index is 11.9. The van der Waals surface area contributed by atoms with Crippen molar-refractivity contribution in [1.82, 2.24) is 5.32 Å². The number of rotatable bonds is 7. The van der Waals surface area contributed by atoms with Crippen LogP contribution in [0.25, 0.3) is 0 Å². The molecule has 0 saturated carbocycles. The Kier molecular flexibility index (Phi) is 6.66. The molecule has 0 radical (unpaired) electrons. The average Bonchev–Trinajstić information content (AvgIpc) is 2.57. The van der Waals surface area contributed by atoms with Crippen LogP contribution in [0.15, 0.2) is 35.9 Å². The molecule has 1 aromatic rings. The zero-order valence-corrected chi connectivity index (χ0v) is 14.8. The van der Waals surface area contributed by atoms with Gasteiger partial charge in [-0.3, -0.25) is 4.72 Å². The van der Waals surface area contributed by atoms with E-state index in [1.54, 1.807) is 31.2 Å². The summed E-state index contributed by atoms with van der Waals surface area (Å²) in [7, 11) is -3.29. The number of nitrogens with one attached hydrogen (secondary N) is 3. The average molecular weight is 351 g/mol. The molecule has 0 unspecified atom stereocenters. The lowest BCUT2D eigenvalue weighted by molar-refractivity contribution is 0.252. The Morgan fingerprint density at radius 3 is 2.46 bits per heavy atom. The minimum atomic E-state index is -3.29. The van der Waals surface area contributed by atoms with Gasteiger partial charge < -0.3 is 10.6 Å². The highest BCUT2D eigenvalue weighted by Crippen LogP contribution is 2.19. The summed E-state index contributed by atoms with van der Waals surface area (Å²) >= 11 is 0. The highest BCUT2D eigenvalue weighted by atomic mass is 32.2. The first-order valence-corrected chi connectivity index (χ1v) is 9.97. The predicted molar refractivity (Wildman–Crippen MR) is 97.7 cm³/mol. The molecule has 132 valence electrons. The standard InChI is InChI=1S/C17H25N3O3S/c1-2-24(22,23)20-16-10-8-15(9-11-16)19-17(21)18-13-12-14-6-4-3-5-7-14/h6,8-11,20H,2-5,7,12-13H2,1H3,(H2,18,19,21). The van der Waals surface area contributed by atoms with Crippen LogP contribution in [-0.4, -0.2) is 26.7 Å². The summed E-state index contributed by atoms with van der Waals surface area (Å²) in [6.45, 7) is 2.19. The van der Waals surface area contributed by atoms with E-state index in [1.165, 1.54) is 18.4 Å². The van der Waals surface area contributed by atoms with Crippen LogP contribution in [0.1, 0.15) is 39.0 Å². The number of carbonyl (C=O) groups excluding carboxylic acids is 1. The maximum absolute atomic E-state index is 11.9. The summed E-state index contributed by atoms with van der Waals surface area (Å²) in [6.07, 6.45) is 7.96. The molecule has 0 fully saturated rings. The number of amides is 2. The molecule has 0 atom stereocenters. The quantitative estimate of drug-likeness (QED) is 0.657. The van der Waals surface area contributed by atoms with E-state index in [0.717, 1.165) is 19.3 Å². The monoisotopic (exact) mass is 351 g/mol. The Hall–Kier alpha value is -2.02. The smallest absolute Gasteiger partial charge is 0.319 e. The summed E-state index contributed by atoms with van der Waals surface area (Å²) in [6, 6.07) is 6.31. The Labute approximate surface area is 143 Å². The number of sulfonamides is 1. The van der Waals surface area contributed by atoms with Crippen molar-refractivity contribution in [2.24, 2.45) is 0 Å². The van der Waals surface area contributed by atoms with Gasteiger partial charge in [-0.25, -0.2) is 13.2 Å². The lowest BCUT2D eigenvalue weighted by Crippen LogP contribution is -2.29. The number of allylic oxidation sites excluding steroid dienone is 1. The zero-order chi connectivity index (χ0) is 17.4. The first kappa shape index (κ1) is 18.3. The third-order valence-corrected chi connectivity index (χ3v) is 5.22. The second-order valence-corrected chi connectivity index (χ2v) is 7.83. The van der Waals surface area contributed by atoms with Crippen molar-refractivity contribution in [1.29, 1.82) is 0 Å². The Bertz CT molecular complexity index is 682. The van der Waals surface area contributed by atoms with Crippen molar-refractivity contribution in [2.45, 2.75) is 39.0 Å². The Morgan fingerprint density at radius 2 is 1.83 bits per heavy atom. The number of urea groups is 1. The molecule has 24 heavy (non-hydrogen) atoms. The molecule has 0 spiro atoms. The Balaban J connectivity index is 1.76. The molecule has 3 N–H and O–H groups in total. The molecule has 0 heterocycles. The van der Waals surface area contributed by atoms with Crippen molar-refractivity contribution in [2.75, 3.05) is 22.3 Å². The number of hydrogen-bond acceptors (Lipinski definition) is 3. The van der Waals surface area contributed by atoms with Crippen LogP contribution in [-0.2, 0) is 10.0 Å². The van der Waals surface area contributed by atoms with Crippen molar-refractivity contribution < 1.29 is 13.2 Å². The molecule has 0 saturated heterocycles. The number of benzene rings is 1. The molecular formula is C17H25N3O3S. The minimum Gasteiger partial charge on any atom is -0.338 e. The topological polar surface area (TPSA) is 87.3 Å². The fourth-order valence-electron chi connectivity index (χ4n) is 2.52. The number of hydrogen-bond donors (Lipinski definition) is 3. The molecule has 7 heteroatoms. The van der Waals surface area contributed by atoms with E-state index in [1.807, 2.05) is 0 Å². The summed E-state index contributed by atoms with van der Waals surface area (Å²) in [5.74, 6) is 0.0197. The van der Waals surface area contributed by atoms with Gasteiger partial charge in [-0.15, -0.1) is 0 Å². The summed E-state index contributed by atoms with van der Waals surface area (Å²) < 4.78 is 25.4. The van der Waals surface area contributed by atoms with Gasteiger partial charge in [-0.1, -0.05) is 11.6 Å². The Morgan fingerprint density at radius 1 is 1.12 bits per heavy atom. The van der Waals surface area contributed by atoms with E-state index in [0.29, 0.717) is 17.9 Å². The van der Waals surface area contributed by atoms with Crippen LogP contribution in [0.2, 0.25) is 0 Å². The predicted octanol–water partition coefficient (Wildman–Crippen LogP) is 3.46. The molecule has 0 aromatic heterocycles. The van der Waals surface area contributed by atoms with Gasteiger partial charge in [-0.2, -0.15) is 0 Å². The van der Waals surface area contributed by atoms with Crippen LogP contribution < -0.4 is 15.4 Å². The number of anilines is 2. The lowest BCUT2D eigenvalue weighted by atomic mass is 9.97. The lowest BCUT2D eigenvalue weighted by Gasteiger charge is -2.13. The summed E-state index contributed by atoms with van der Waals surface area (Å²) in [4.78, 5) is 11.9. The van der Waals surface area contributed by atoms with Crippen LogP contribution in [0.5, 0.6) is 0 Å². The van der Waals surface area contributed by atoms with Gasteiger partial charge in [0.05, 0.1) is 5.75 Å². The van der Waals surface area contributed by atoms with Crippen LogP contribution in [0.4, 0.5) is 16.2 Å². The van der Waals surface area contributed by atoms with Crippen molar-refractivity contribution in [3.63, 3.8) is 0 Å². The first-order valence-electron chi connectivity index (χ1n) is 8.32. The summed E-state index contributed by atoms with van der Waals surface area (Å²) in [5, 5.41) is 5.57.